The molecule has 3 heterocycles. The maximum Gasteiger partial charge on any atom is 0.333 e. The lowest BCUT2D eigenvalue weighted by Gasteiger charge is -2.19. The van der Waals surface area contributed by atoms with Gasteiger partial charge in [0.2, 0.25) is 5.95 Å². The minimum absolute atomic E-state index is 0.0280. The lowest BCUT2D eigenvalue weighted by atomic mass is 10.1. The van der Waals surface area contributed by atoms with Crippen LogP contribution >= 0.6 is 0 Å². The van der Waals surface area contributed by atoms with Gasteiger partial charge in [0, 0.05) is 13.8 Å². The summed E-state index contributed by atoms with van der Waals surface area (Å²) in [6.07, 6.45) is 0.590. The van der Waals surface area contributed by atoms with Crippen LogP contribution in [0.15, 0.2) is 11.0 Å². The molecule has 3 rings (SSSR count). The fourth-order valence-corrected chi connectivity index (χ4v) is 3.10. The Morgan fingerprint density at radius 3 is 2.76 bits per heavy atom. The third-order valence-electron chi connectivity index (χ3n) is 4.25. The molecule has 12 heteroatoms. The molecule has 0 aromatic carbocycles. The third-order valence-corrected chi connectivity index (χ3v) is 4.25. The molecule has 0 unspecified atom stereocenters. The summed E-state index contributed by atoms with van der Waals surface area (Å²) in [5.41, 5.74) is 5.22. The molecule has 154 valence electrons. The molecule has 0 radical (unpaired) electrons. The van der Waals surface area contributed by atoms with Gasteiger partial charge in [-0.15, -0.1) is 6.42 Å². The Balaban J connectivity index is 2.12. The van der Waals surface area contributed by atoms with E-state index in [0.29, 0.717) is 0 Å². The van der Waals surface area contributed by atoms with E-state index >= 15 is 0 Å². The van der Waals surface area contributed by atoms with Crippen molar-refractivity contribution in [2.75, 3.05) is 12.3 Å². The Labute approximate surface area is 163 Å². The summed E-state index contributed by atoms with van der Waals surface area (Å²) in [5.74, 6) is 0.769. The molecule has 1 saturated heterocycles. The number of anilines is 1. The first-order chi connectivity index (χ1) is 13.7. The number of imidazole rings is 1. The average molecular weight is 407 g/mol. The Hall–Kier alpha value is -3.46. The minimum atomic E-state index is -1.87. The summed E-state index contributed by atoms with van der Waals surface area (Å²) in [6, 6.07) is 0. The first-order valence-corrected chi connectivity index (χ1v) is 8.51. The lowest BCUT2D eigenvalue weighted by Crippen LogP contribution is -2.37. The van der Waals surface area contributed by atoms with Gasteiger partial charge in [-0.1, -0.05) is 5.92 Å². The van der Waals surface area contributed by atoms with Crippen molar-refractivity contribution in [2.45, 2.75) is 45.0 Å². The molecule has 1 aliphatic rings. The molecule has 4 atom stereocenters. The van der Waals surface area contributed by atoms with Crippen LogP contribution in [0.3, 0.4) is 0 Å². The predicted octanol–water partition coefficient (Wildman–Crippen LogP) is -0.461. The zero-order valence-electron chi connectivity index (χ0n) is 15.6. The van der Waals surface area contributed by atoms with E-state index in [0.717, 1.165) is 18.4 Å². The molecule has 2 N–H and O–H groups in total. The van der Waals surface area contributed by atoms with E-state index in [1.807, 2.05) is 0 Å². The zero-order valence-corrected chi connectivity index (χ0v) is 15.6. The summed E-state index contributed by atoms with van der Waals surface area (Å²) < 4.78 is 32.6. The normalized spacial score (nSPS) is 23.7. The van der Waals surface area contributed by atoms with Crippen LogP contribution in [0.1, 0.15) is 20.1 Å². The van der Waals surface area contributed by atoms with E-state index in [-0.39, 0.29) is 23.7 Å². The second-order valence-corrected chi connectivity index (χ2v) is 6.27. The van der Waals surface area contributed by atoms with Crippen molar-refractivity contribution < 1.29 is 28.2 Å². The second-order valence-electron chi connectivity index (χ2n) is 6.27. The number of terminal acetylenes is 1. The molecule has 1 fully saturated rings. The SMILES string of the molecule is C#CCn1c(=O)n([C@@H]2O[C@H](COC(C)=O)[C@@H](F)[C@H]2OC(C)=O)c2nc(N)ncc21. The highest BCUT2D eigenvalue weighted by Gasteiger charge is 2.50. The second kappa shape index (κ2) is 7.88. The number of hydrogen-bond donors (Lipinski definition) is 1. The lowest BCUT2D eigenvalue weighted by molar-refractivity contribution is -0.154. The van der Waals surface area contributed by atoms with Gasteiger partial charge in [0.15, 0.2) is 24.2 Å². The molecular weight excluding hydrogens is 389 g/mol. The van der Waals surface area contributed by atoms with Crippen LogP contribution in [-0.2, 0) is 30.3 Å². The third kappa shape index (κ3) is 3.77. The van der Waals surface area contributed by atoms with E-state index in [2.05, 4.69) is 15.9 Å². The number of nitrogens with zero attached hydrogens (tertiary/aromatic N) is 4. The summed E-state index contributed by atoms with van der Waals surface area (Å²) in [6.45, 7) is 1.70. The van der Waals surface area contributed by atoms with Crippen molar-refractivity contribution in [3.63, 3.8) is 0 Å². The molecular formula is C17H18FN5O6. The van der Waals surface area contributed by atoms with Gasteiger partial charge < -0.3 is 19.9 Å². The topological polar surface area (TPSA) is 141 Å². The number of aromatic nitrogens is 4. The van der Waals surface area contributed by atoms with Crippen LogP contribution in [0.25, 0.3) is 11.2 Å². The van der Waals surface area contributed by atoms with Crippen LogP contribution in [0.2, 0.25) is 0 Å². The molecule has 2 aromatic rings. The predicted molar refractivity (Wildman–Crippen MR) is 96.0 cm³/mol. The molecule has 0 spiro atoms. The van der Waals surface area contributed by atoms with Gasteiger partial charge in [-0.05, 0) is 0 Å². The van der Waals surface area contributed by atoms with Gasteiger partial charge in [-0.3, -0.25) is 14.2 Å². The number of rotatable bonds is 5. The maximum atomic E-state index is 15.0. The highest BCUT2D eigenvalue weighted by Crippen LogP contribution is 2.35. The van der Waals surface area contributed by atoms with Crippen molar-refractivity contribution in [1.29, 1.82) is 0 Å². The first-order valence-electron chi connectivity index (χ1n) is 8.51. The van der Waals surface area contributed by atoms with Crippen molar-refractivity contribution in [3.8, 4) is 12.3 Å². The van der Waals surface area contributed by atoms with Gasteiger partial charge in [-0.25, -0.2) is 18.7 Å². The number of carbonyl (C=O) groups excluding carboxylic acids is 2. The van der Waals surface area contributed by atoms with Crippen LogP contribution in [0.4, 0.5) is 10.3 Å². The fraction of sp³-hybridized carbons (Fsp3) is 0.471. The summed E-state index contributed by atoms with van der Waals surface area (Å²) in [7, 11) is 0. The number of carbonyl (C=O) groups is 2. The zero-order chi connectivity index (χ0) is 21.3. The molecule has 0 aliphatic carbocycles. The number of alkyl halides is 1. The molecule has 0 amide bonds. The van der Waals surface area contributed by atoms with Gasteiger partial charge >= 0.3 is 17.6 Å². The molecule has 29 heavy (non-hydrogen) atoms. The van der Waals surface area contributed by atoms with E-state index < -0.39 is 48.8 Å². The summed E-state index contributed by atoms with van der Waals surface area (Å²) in [5, 5.41) is 0. The van der Waals surface area contributed by atoms with Crippen LogP contribution < -0.4 is 11.4 Å². The summed E-state index contributed by atoms with van der Waals surface area (Å²) >= 11 is 0. The standard InChI is InChI=1S/C17H18FN5O6/c1-4-5-22-10-6-20-16(19)21-14(10)23(17(22)26)15-13(28-9(3)25)12(18)11(29-15)7-27-8(2)24/h1,6,11-13,15H,5,7H2,2-3H3,(H2,19,20,21)/t11-,12-,13-,15-/m1/s1. The Morgan fingerprint density at radius 2 is 2.14 bits per heavy atom. The maximum absolute atomic E-state index is 15.0. The minimum Gasteiger partial charge on any atom is -0.463 e. The molecule has 2 aromatic heterocycles. The molecule has 1 aliphatic heterocycles. The highest BCUT2D eigenvalue weighted by atomic mass is 19.1. The van der Waals surface area contributed by atoms with Crippen LogP contribution in [-0.4, -0.2) is 56.0 Å². The number of esters is 2. The molecule has 0 saturated carbocycles. The monoisotopic (exact) mass is 407 g/mol. The van der Waals surface area contributed by atoms with Gasteiger partial charge in [0.1, 0.15) is 18.2 Å². The van der Waals surface area contributed by atoms with Crippen molar-refractivity contribution in [2.24, 2.45) is 0 Å². The van der Waals surface area contributed by atoms with Crippen LogP contribution in [0.5, 0.6) is 0 Å². The van der Waals surface area contributed by atoms with Crippen molar-refractivity contribution in [3.05, 3.63) is 16.7 Å². The number of nitrogens with two attached hydrogens (primary N) is 1. The largest absolute Gasteiger partial charge is 0.463 e. The van der Waals surface area contributed by atoms with Gasteiger partial charge in [0.05, 0.1) is 12.7 Å². The van der Waals surface area contributed by atoms with Crippen LogP contribution in [0, 0.1) is 12.3 Å². The number of hydrogen-bond acceptors (Lipinski definition) is 9. The van der Waals surface area contributed by atoms with Gasteiger partial charge in [0.25, 0.3) is 0 Å². The number of ether oxygens (including phenoxy) is 3. The summed E-state index contributed by atoms with van der Waals surface area (Å²) in [4.78, 5) is 43.4. The van der Waals surface area contributed by atoms with Crippen molar-refractivity contribution in [1.82, 2.24) is 19.1 Å². The Kier molecular flexibility index (Phi) is 5.51. The smallest absolute Gasteiger partial charge is 0.333 e. The number of fused-ring (bicyclic) bond motifs is 1. The number of nitrogen functional groups attached to an aromatic ring is 1. The Morgan fingerprint density at radius 1 is 1.41 bits per heavy atom. The highest BCUT2D eigenvalue weighted by molar-refractivity contribution is 5.72. The molecule has 0 bridgehead atoms. The van der Waals surface area contributed by atoms with E-state index in [1.165, 1.54) is 10.8 Å². The Bertz CT molecular complexity index is 1060. The number of halogens is 1. The first kappa shape index (κ1) is 20.3. The van der Waals surface area contributed by atoms with E-state index in [9.17, 15) is 18.8 Å². The van der Waals surface area contributed by atoms with Gasteiger partial charge in [-0.2, -0.15) is 4.98 Å². The quantitative estimate of drug-likeness (QED) is 0.515. The average Bonchev–Trinajstić information content (AvgIpc) is 3.08. The fourth-order valence-electron chi connectivity index (χ4n) is 3.10. The van der Waals surface area contributed by atoms with E-state index in [1.54, 1.807) is 0 Å². The van der Waals surface area contributed by atoms with E-state index in [4.69, 9.17) is 26.4 Å². The molecule has 11 nitrogen and oxygen atoms in total. The van der Waals surface area contributed by atoms with Crippen molar-refractivity contribution >= 4 is 29.1 Å².